The monoisotopic (exact) mass is 995 g/mol. The zero-order chi connectivity index (χ0) is 51.4. The minimum Gasteiger partial charge on any atom is -0.462 e. The van der Waals surface area contributed by atoms with Crippen molar-refractivity contribution in [2.45, 2.75) is 335 Å². The van der Waals surface area contributed by atoms with Gasteiger partial charge in [-0.05, 0) is 57.8 Å². The molecule has 0 rings (SSSR count). The van der Waals surface area contributed by atoms with Crippen molar-refractivity contribution in [1.82, 2.24) is 0 Å². The Bertz CT molecular complexity index is 1230. The molecule has 0 aliphatic heterocycles. The molecule has 0 saturated carbocycles. The summed E-state index contributed by atoms with van der Waals surface area (Å²) in [6.07, 6.45) is 74.0. The summed E-state index contributed by atoms with van der Waals surface area (Å²) >= 11 is 0. The molecule has 1 atom stereocenters. The van der Waals surface area contributed by atoms with Gasteiger partial charge in [0.25, 0.3) is 0 Å². The second-order valence-electron chi connectivity index (χ2n) is 21.0. The molecule has 0 bridgehead atoms. The SMILES string of the molecule is CC/C=C\C/C=C\C/C=C\C/C=C\CCCCCCC(=O)OC(COC(=O)CCCCCCCCCCCCCCCCCCC)COC(=O)CCCCCCCCCCCCCCCCCCCCC. The molecule has 0 saturated heterocycles. The first-order valence-electron chi connectivity index (χ1n) is 31.1. The molecule has 0 spiro atoms. The van der Waals surface area contributed by atoms with E-state index >= 15 is 0 Å². The molecule has 6 heteroatoms. The summed E-state index contributed by atoms with van der Waals surface area (Å²) in [6, 6.07) is 0. The number of rotatable bonds is 57. The van der Waals surface area contributed by atoms with E-state index in [2.05, 4.69) is 69.4 Å². The third-order valence-corrected chi connectivity index (χ3v) is 13.8. The Labute approximate surface area is 441 Å². The molecule has 0 aromatic rings. The number of hydrogen-bond donors (Lipinski definition) is 0. The molecule has 0 fully saturated rings. The van der Waals surface area contributed by atoms with Crippen molar-refractivity contribution in [3.8, 4) is 0 Å². The van der Waals surface area contributed by atoms with E-state index in [0.29, 0.717) is 19.3 Å². The Hall–Kier alpha value is -2.63. The second-order valence-corrected chi connectivity index (χ2v) is 21.0. The van der Waals surface area contributed by atoms with Gasteiger partial charge in [0.2, 0.25) is 0 Å². The number of esters is 3. The Morgan fingerprint density at radius 2 is 0.549 bits per heavy atom. The number of carbonyl (C=O) groups excluding carboxylic acids is 3. The Morgan fingerprint density at radius 3 is 0.859 bits per heavy atom. The van der Waals surface area contributed by atoms with Crippen LogP contribution in [0.25, 0.3) is 0 Å². The van der Waals surface area contributed by atoms with E-state index < -0.39 is 6.10 Å². The van der Waals surface area contributed by atoms with Gasteiger partial charge in [-0.3, -0.25) is 14.4 Å². The molecule has 0 heterocycles. The standard InChI is InChI=1S/C65H118O6/c1-4-7-10-13-16-19-22-25-28-31-32-35-37-40-43-46-49-52-55-58-64(67)70-61-62(71-65(68)59-56-53-50-47-44-41-38-34-30-27-24-21-18-15-12-9-6-3)60-69-63(66)57-54-51-48-45-42-39-36-33-29-26-23-20-17-14-11-8-5-2/h9,12,18,21,27,30,38,41,62H,4-8,10-11,13-17,19-20,22-26,28-29,31-37,39-40,42-61H2,1-3H3/b12-9-,21-18-,30-27-,41-38-. The van der Waals surface area contributed by atoms with Crippen molar-refractivity contribution in [2.75, 3.05) is 13.2 Å². The first-order chi connectivity index (χ1) is 35.0. The molecule has 0 amide bonds. The van der Waals surface area contributed by atoms with Gasteiger partial charge in [0, 0.05) is 19.3 Å². The fourth-order valence-corrected chi connectivity index (χ4v) is 9.20. The van der Waals surface area contributed by atoms with Crippen molar-refractivity contribution >= 4 is 17.9 Å². The topological polar surface area (TPSA) is 78.9 Å². The average molecular weight is 996 g/mol. The van der Waals surface area contributed by atoms with Gasteiger partial charge in [-0.1, -0.05) is 301 Å². The second kappa shape index (κ2) is 59.9. The Morgan fingerprint density at radius 1 is 0.296 bits per heavy atom. The van der Waals surface area contributed by atoms with E-state index in [1.54, 1.807) is 0 Å². The highest BCUT2D eigenvalue weighted by atomic mass is 16.6. The minimum atomic E-state index is -0.783. The van der Waals surface area contributed by atoms with E-state index in [9.17, 15) is 14.4 Å². The van der Waals surface area contributed by atoms with Gasteiger partial charge < -0.3 is 14.2 Å². The van der Waals surface area contributed by atoms with Crippen LogP contribution < -0.4 is 0 Å². The molecule has 414 valence electrons. The number of ether oxygens (including phenoxy) is 3. The van der Waals surface area contributed by atoms with Crippen LogP contribution in [0.2, 0.25) is 0 Å². The summed E-state index contributed by atoms with van der Waals surface area (Å²) in [7, 11) is 0. The average Bonchev–Trinajstić information content (AvgIpc) is 3.37. The summed E-state index contributed by atoms with van der Waals surface area (Å²) < 4.78 is 16.9. The van der Waals surface area contributed by atoms with E-state index in [-0.39, 0.29) is 31.1 Å². The predicted octanol–water partition coefficient (Wildman–Crippen LogP) is 21.0. The first kappa shape index (κ1) is 68.4. The van der Waals surface area contributed by atoms with Gasteiger partial charge in [0.15, 0.2) is 6.10 Å². The molecule has 0 aromatic heterocycles. The van der Waals surface area contributed by atoms with Gasteiger partial charge in [0.1, 0.15) is 13.2 Å². The maximum atomic E-state index is 12.9. The molecule has 0 aromatic carbocycles. The zero-order valence-corrected chi connectivity index (χ0v) is 47.5. The number of carbonyl (C=O) groups is 3. The molecule has 6 nitrogen and oxygen atoms in total. The quantitative estimate of drug-likeness (QED) is 0.0261. The lowest BCUT2D eigenvalue weighted by atomic mass is 10.0. The number of allylic oxidation sites excluding steroid dienone is 8. The molecule has 0 radical (unpaired) electrons. The molecular formula is C65H118O6. The summed E-state index contributed by atoms with van der Waals surface area (Å²) in [4.78, 5) is 38.3. The van der Waals surface area contributed by atoms with Crippen LogP contribution in [0.1, 0.15) is 329 Å². The van der Waals surface area contributed by atoms with Crippen LogP contribution in [-0.2, 0) is 28.6 Å². The van der Waals surface area contributed by atoms with Gasteiger partial charge in [-0.2, -0.15) is 0 Å². The lowest BCUT2D eigenvalue weighted by Gasteiger charge is -2.18. The summed E-state index contributed by atoms with van der Waals surface area (Å²) in [6.45, 7) is 6.57. The fourth-order valence-electron chi connectivity index (χ4n) is 9.20. The van der Waals surface area contributed by atoms with Crippen LogP contribution in [0, 0.1) is 0 Å². The predicted molar refractivity (Wildman–Crippen MR) is 307 cm³/mol. The Kier molecular flexibility index (Phi) is 57.7. The molecular weight excluding hydrogens is 877 g/mol. The van der Waals surface area contributed by atoms with Crippen molar-refractivity contribution in [2.24, 2.45) is 0 Å². The van der Waals surface area contributed by atoms with E-state index in [1.165, 1.54) is 193 Å². The third-order valence-electron chi connectivity index (χ3n) is 13.8. The zero-order valence-electron chi connectivity index (χ0n) is 47.5. The Balaban J connectivity index is 4.36. The van der Waals surface area contributed by atoms with E-state index in [4.69, 9.17) is 14.2 Å². The minimum absolute atomic E-state index is 0.0784. The molecule has 0 N–H and O–H groups in total. The third kappa shape index (κ3) is 58.1. The van der Waals surface area contributed by atoms with Crippen LogP contribution in [0.15, 0.2) is 48.6 Å². The highest BCUT2D eigenvalue weighted by Gasteiger charge is 2.19. The van der Waals surface area contributed by atoms with Gasteiger partial charge in [-0.15, -0.1) is 0 Å². The molecule has 1 unspecified atom stereocenters. The normalized spacial score (nSPS) is 12.3. The van der Waals surface area contributed by atoms with Crippen LogP contribution in [0.3, 0.4) is 0 Å². The molecule has 0 aliphatic rings. The van der Waals surface area contributed by atoms with Crippen LogP contribution >= 0.6 is 0 Å². The lowest BCUT2D eigenvalue weighted by Crippen LogP contribution is -2.30. The smallest absolute Gasteiger partial charge is 0.306 e. The summed E-state index contributed by atoms with van der Waals surface area (Å²) in [5.74, 6) is -0.880. The fraction of sp³-hybridized carbons (Fsp3) is 0.831. The van der Waals surface area contributed by atoms with Crippen LogP contribution in [0.4, 0.5) is 0 Å². The molecule has 0 aliphatic carbocycles. The highest BCUT2D eigenvalue weighted by Crippen LogP contribution is 2.17. The number of unbranched alkanes of at least 4 members (excludes halogenated alkanes) is 38. The summed E-state index contributed by atoms with van der Waals surface area (Å²) in [5.41, 5.74) is 0. The van der Waals surface area contributed by atoms with Crippen molar-refractivity contribution in [3.05, 3.63) is 48.6 Å². The van der Waals surface area contributed by atoms with Crippen LogP contribution in [0.5, 0.6) is 0 Å². The number of hydrogen-bond acceptors (Lipinski definition) is 6. The lowest BCUT2D eigenvalue weighted by molar-refractivity contribution is -0.167. The maximum absolute atomic E-state index is 12.9. The van der Waals surface area contributed by atoms with Crippen molar-refractivity contribution in [1.29, 1.82) is 0 Å². The van der Waals surface area contributed by atoms with E-state index in [1.807, 2.05) is 0 Å². The largest absolute Gasteiger partial charge is 0.462 e. The van der Waals surface area contributed by atoms with Gasteiger partial charge in [0.05, 0.1) is 0 Å². The van der Waals surface area contributed by atoms with Crippen LogP contribution in [-0.4, -0.2) is 37.2 Å². The van der Waals surface area contributed by atoms with Gasteiger partial charge in [-0.25, -0.2) is 0 Å². The van der Waals surface area contributed by atoms with Gasteiger partial charge >= 0.3 is 17.9 Å². The van der Waals surface area contributed by atoms with Crippen molar-refractivity contribution < 1.29 is 28.6 Å². The van der Waals surface area contributed by atoms with E-state index in [0.717, 1.165) is 96.3 Å². The van der Waals surface area contributed by atoms with Crippen molar-refractivity contribution in [3.63, 3.8) is 0 Å². The highest BCUT2D eigenvalue weighted by molar-refractivity contribution is 5.71. The maximum Gasteiger partial charge on any atom is 0.306 e. The first-order valence-corrected chi connectivity index (χ1v) is 31.1. The molecule has 71 heavy (non-hydrogen) atoms. The summed E-state index contributed by atoms with van der Waals surface area (Å²) in [5, 5.41) is 0.